The minimum Gasteiger partial charge on any atom is -0.491 e. The Balaban J connectivity index is 1.54. The first-order valence-corrected chi connectivity index (χ1v) is 12.1. The van der Waals surface area contributed by atoms with Crippen molar-refractivity contribution in [1.29, 1.82) is 0 Å². The number of aliphatic hydroxyl groups is 1. The molecule has 4 heteroatoms. The highest BCUT2D eigenvalue weighted by Gasteiger charge is 2.46. The minimum atomic E-state index is -0.467. The molecule has 1 N–H and O–H groups in total. The molecule has 6 rings (SSSR count). The van der Waals surface area contributed by atoms with Crippen LogP contribution < -0.4 is 9.47 Å². The molecule has 1 heterocycles. The summed E-state index contributed by atoms with van der Waals surface area (Å²) >= 11 is 0. The van der Waals surface area contributed by atoms with Gasteiger partial charge in [-0.05, 0) is 64.1 Å². The third-order valence-corrected chi connectivity index (χ3v) is 7.03. The number of epoxide rings is 1. The number of aryl methyl sites for hydroxylation is 1. The van der Waals surface area contributed by atoms with Gasteiger partial charge in [-0.3, -0.25) is 0 Å². The van der Waals surface area contributed by atoms with Crippen LogP contribution in [-0.2, 0) is 10.2 Å². The van der Waals surface area contributed by atoms with Crippen molar-refractivity contribution in [3.63, 3.8) is 0 Å². The van der Waals surface area contributed by atoms with Gasteiger partial charge in [0, 0.05) is 0 Å². The van der Waals surface area contributed by atoms with Gasteiger partial charge in [0.15, 0.2) is 0 Å². The van der Waals surface area contributed by atoms with E-state index in [1.54, 1.807) is 0 Å². The number of hydrogen-bond acceptors (Lipinski definition) is 4. The zero-order chi connectivity index (χ0) is 23.8. The monoisotopic (exact) mass is 464 g/mol. The summed E-state index contributed by atoms with van der Waals surface area (Å²) in [6.45, 7) is 3.76. The Kier molecular flexibility index (Phi) is 5.56. The van der Waals surface area contributed by atoms with Gasteiger partial charge in [-0.2, -0.15) is 0 Å². The van der Waals surface area contributed by atoms with Gasteiger partial charge >= 0.3 is 0 Å². The summed E-state index contributed by atoms with van der Waals surface area (Å²) in [6.07, 6.45) is 0.223. The van der Waals surface area contributed by atoms with E-state index in [4.69, 9.17) is 19.3 Å². The molecule has 0 amide bonds. The molecular formula is C31H28O4. The number of ether oxygens (including phenoxy) is 3. The molecule has 1 atom stereocenters. The number of aliphatic hydroxyl groups excluding tert-OH is 1. The molecule has 35 heavy (non-hydrogen) atoms. The Morgan fingerprint density at radius 1 is 0.829 bits per heavy atom. The maximum Gasteiger partial charge on any atom is 0.122 e. The average molecular weight is 465 g/mol. The summed E-state index contributed by atoms with van der Waals surface area (Å²) < 4.78 is 17.0. The molecule has 4 aromatic carbocycles. The van der Waals surface area contributed by atoms with Gasteiger partial charge in [-0.15, -0.1) is 0 Å². The summed E-state index contributed by atoms with van der Waals surface area (Å²) in [4.78, 5) is 0. The second-order valence-corrected chi connectivity index (χ2v) is 9.18. The van der Waals surface area contributed by atoms with Crippen molar-refractivity contribution in [3.05, 3.63) is 119 Å². The molecule has 4 nitrogen and oxygen atoms in total. The van der Waals surface area contributed by atoms with E-state index >= 15 is 0 Å². The fraction of sp³-hybridized carbons (Fsp3) is 0.226. The molecule has 176 valence electrons. The standard InChI is InChI=1S/C31H28O4/c1-21-18-23(12-15-30(21)35-20-25-19-34-25)31(22-10-13-24(14-11-22)33-17-16-32)28-8-4-2-6-26(28)27-7-3-5-9-29(27)31/h2-15,18,25,32H,16-17,19-20H2,1H3. The predicted molar refractivity (Wildman–Crippen MR) is 136 cm³/mol. The first-order valence-electron chi connectivity index (χ1n) is 12.1. The van der Waals surface area contributed by atoms with E-state index in [1.807, 2.05) is 12.1 Å². The van der Waals surface area contributed by atoms with E-state index in [2.05, 4.69) is 85.8 Å². The van der Waals surface area contributed by atoms with E-state index in [0.717, 1.165) is 23.7 Å². The average Bonchev–Trinajstić information content (AvgIpc) is 3.68. The maximum atomic E-state index is 9.14. The van der Waals surface area contributed by atoms with Crippen LogP contribution in [0.4, 0.5) is 0 Å². The van der Waals surface area contributed by atoms with Crippen LogP contribution >= 0.6 is 0 Å². The molecule has 0 saturated carbocycles. The lowest BCUT2D eigenvalue weighted by atomic mass is 9.67. The Morgan fingerprint density at radius 3 is 2.06 bits per heavy atom. The first-order chi connectivity index (χ1) is 17.2. The lowest BCUT2D eigenvalue weighted by Gasteiger charge is -2.34. The van der Waals surface area contributed by atoms with Crippen LogP contribution in [0.15, 0.2) is 91.0 Å². The molecule has 0 radical (unpaired) electrons. The van der Waals surface area contributed by atoms with Gasteiger partial charge in [0.25, 0.3) is 0 Å². The molecule has 0 aromatic heterocycles. The van der Waals surface area contributed by atoms with Crippen molar-refractivity contribution in [2.75, 3.05) is 26.4 Å². The van der Waals surface area contributed by atoms with Crippen LogP contribution in [0.25, 0.3) is 11.1 Å². The van der Waals surface area contributed by atoms with Crippen LogP contribution in [0.2, 0.25) is 0 Å². The Morgan fingerprint density at radius 2 is 1.46 bits per heavy atom. The predicted octanol–water partition coefficient (Wildman–Crippen LogP) is 5.51. The van der Waals surface area contributed by atoms with Gasteiger partial charge in [0.05, 0.1) is 18.6 Å². The third kappa shape index (κ3) is 3.70. The lowest BCUT2D eigenvalue weighted by Crippen LogP contribution is -2.28. The molecule has 2 aliphatic rings. The number of hydrogen-bond donors (Lipinski definition) is 1. The molecule has 1 fully saturated rings. The van der Waals surface area contributed by atoms with E-state index in [0.29, 0.717) is 6.61 Å². The highest BCUT2D eigenvalue weighted by atomic mass is 16.6. The Bertz CT molecular complexity index is 1310. The molecule has 1 aliphatic carbocycles. The minimum absolute atomic E-state index is 0.00694. The van der Waals surface area contributed by atoms with Gasteiger partial charge in [-0.25, -0.2) is 0 Å². The smallest absolute Gasteiger partial charge is 0.122 e. The van der Waals surface area contributed by atoms with E-state index in [1.165, 1.54) is 33.4 Å². The van der Waals surface area contributed by atoms with Crippen molar-refractivity contribution in [1.82, 2.24) is 0 Å². The van der Waals surface area contributed by atoms with Gasteiger partial charge in [-0.1, -0.05) is 72.8 Å². The topological polar surface area (TPSA) is 51.2 Å². The molecule has 1 aliphatic heterocycles. The first kappa shape index (κ1) is 21.9. The summed E-state index contributed by atoms with van der Waals surface area (Å²) in [6, 6.07) is 32.2. The zero-order valence-corrected chi connectivity index (χ0v) is 19.7. The Hall–Kier alpha value is -3.60. The summed E-state index contributed by atoms with van der Waals surface area (Å²) in [5.74, 6) is 1.64. The Labute approximate surface area is 205 Å². The van der Waals surface area contributed by atoms with E-state index in [9.17, 15) is 0 Å². The van der Waals surface area contributed by atoms with Crippen molar-refractivity contribution < 1.29 is 19.3 Å². The van der Waals surface area contributed by atoms with E-state index in [-0.39, 0.29) is 19.3 Å². The molecule has 0 spiro atoms. The normalized spacial score (nSPS) is 16.9. The highest BCUT2D eigenvalue weighted by molar-refractivity contribution is 5.86. The third-order valence-electron chi connectivity index (χ3n) is 7.03. The van der Waals surface area contributed by atoms with Gasteiger partial charge < -0.3 is 19.3 Å². The summed E-state index contributed by atoms with van der Waals surface area (Å²) in [5, 5.41) is 9.14. The number of fused-ring (bicyclic) bond motifs is 3. The summed E-state index contributed by atoms with van der Waals surface area (Å²) in [7, 11) is 0. The van der Waals surface area contributed by atoms with E-state index < -0.39 is 5.41 Å². The molecule has 4 aromatic rings. The quantitative estimate of drug-likeness (QED) is 0.308. The van der Waals surface area contributed by atoms with Crippen LogP contribution in [0, 0.1) is 6.92 Å². The largest absolute Gasteiger partial charge is 0.491 e. The van der Waals surface area contributed by atoms with Crippen LogP contribution in [0.5, 0.6) is 11.5 Å². The number of rotatable bonds is 8. The fourth-order valence-corrected chi connectivity index (χ4v) is 5.38. The zero-order valence-electron chi connectivity index (χ0n) is 19.7. The molecule has 1 unspecified atom stereocenters. The van der Waals surface area contributed by atoms with Gasteiger partial charge in [0.2, 0.25) is 0 Å². The molecule has 1 saturated heterocycles. The van der Waals surface area contributed by atoms with Crippen LogP contribution in [-0.4, -0.2) is 37.6 Å². The van der Waals surface area contributed by atoms with Crippen LogP contribution in [0.1, 0.15) is 27.8 Å². The highest BCUT2D eigenvalue weighted by Crippen LogP contribution is 2.56. The maximum absolute atomic E-state index is 9.14. The van der Waals surface area contributed by atoms with Crippen molar-refractivity contribution >= 4 is 0 Å². The molecule has 0 bridgehead atoms. The summed E-state index contributed by atoms with van der Waals surface area (Å²) in [5.41, 5.74) is 8.06. The SMILES string of the molecule is Cc1cc(C2(c3ccc(OCCO)cc3)c3ccccc3-c3ccccc32)ccc1OCC1CO1. The second kappa shape index (κ2) is 8.88. The lowest BCUT2D eigenvalue weighted by molar-refractivity contribution is 0.201. The van der Waals surface area contributed by atoms with Crippen molar-refractivity contribution in [2.45, 2.75) is 18.4 Å². The van der Waals surface area contributed by atoms with Crippen LogP contribution in [0.3, 0.4) is 0 Å². The van der Waals surface area contributed by atoms with Crippen molar-refractivity contribution in [3.8, 4) is 22.6 Å². The van der Waals surface area contributed by atoms with Crippen molar-refractivity contribution in [2.24, 2.45) is 0 Å². The van der Waals surface area contributed by atoms with Gasteiger partial charge in [0.1, 0.15) is 30.8 Å². The second-order valence-electron chi connectivity index (χ2n) is 9.18. The molecular weight excluding hydrogens is 436 g/mol. The number of benzene rings is 4. The fourth-order valence-electron chi connectivity index (χ4n) is 5.38.